The maximum Gasteiger partial charge on any atom is 0.0700 e. The standard InChI is InChI=1S/C7H13NO2.C4H9NO/c1-2-9-6-7-10-5-3-4-8;1-3-6-4-2-5-1/h2-3,5-7H2,1H3;5H,1-4H2. The Morgan fingerprint density at radius 1 is 1.19 bits per heavy atom. The molecule has 0 bridgehead atoms. The molecule has 5 nitrogen and oxygen atoms in total. The molecule has 1 fully saturated rings. The third kappa shape index (κ3) is 13.3. The van der Waals surface area contributed by atoms with Gasteiger partial charge in [-0.05, 0) is 6.92 Å². The van der Waals surface area contributed by atoms with Gasteiger partial charge < -0.3 is 19.5 Å². The summed E-state index contributed by atoms with van der Waals surface area (Å²) >= 11 is 0. The summed E-state index contributed by atoms with van der Waals surface area (Å²) in [4.78, 5) is 0. The van der Waals surface area contributed by atoms with E-state index in [1.165, 1.54) is 0 Å². The van der Waals surface area contributed by atoms with E-state index in [1.807, 2.05) is 13.0 Å². The summed E-state index contributed by atoms with van der Waals surface area (Å²) < 4.78 is 15.0. The summed E-state index contributed by atoms with van der Waals surface area (Å²) in [5.74, 6) is 0. The van der Waals surface area contributed by atoms with Gasteiger partial charge >= 0.3 is 0 Å². The zero-order chi connectivity index (χ0) is 11.9. The number of hydrogen-bond donors (Lipinski definition) is 1. The molecule has 0 saturated carbocycles. The highest BCUT2D eigenvalue weighted by Gasteiger charge is 1.93. The molecule has 0 aromatic rings. The van der Waals surface area contributed by atoms with Crippen LogP contribution in [0, 0.1) is 11.3 Å². The first kappa shape index (κ1) is 15.3. The summed E-state index contributed by atoms with van der Waals surface area (Å²) in [6.07, 6.45) is 0.464. The lowest BCUT2D eigenvalue weighted by molar-refractivity contribution is 0.0551. The molecule has 0 unspecified atom stereocenters. The van der Waals surface area contributed by atoms with E-state index >= 15 is 0 Å². The van der Waals surface area contributed by atoms with Crippen LogP contribution in [0.2, 0.25) is 0 Å². The van der Waals surface area contributed by atoms with Gasteiger partial charge in [-0.25, -0.2) is 0 Å². The Bertz CT molecular complexity index is 156. The van der Waals surface area contributed by atoms with Crippen molar-refractivity contribution in [3.05, 3.63) is 0 Å². The first-order valence-corrected chi connectivity index (χ1v) is 5.72. The average molecular weight is 230 g/mol. The zero-order valence-corrected chi connectivity index (χ0v) is 10.0. The predicted molar refractivity (Wildman–Crippen MR) is 61.2 cm³/mol. The Balaban J connectivity index is 0.000000315. The molecule has 0 radical (unpaired) electrons. The molecule has 1 aliphatic heterocycles. The number of ether oxygens (including phenoxy) is 3. The predicted octanol–water partition coefficient (Wildman–Crippen LogP) is 0.559. The van der Waals surface area contributed by atoms with Crippen molar-refractivity contribution in [3.63, 3.8) is 0 Å². The molecule has 0 aromatic heterocycles. The Labute approximate surface area is 97.7 Å². The number of hydrogen-bond acceptors (Lipinski definition) is 5. The summed E-state index contributed by atoms with van der Waals surface area (Å²) in [6, 6.07) is 1.99. The van der Waals surface area contributed by atoms with Crippen molar-refractivity contribution in [1.82, 2.24) is 5.32 Å². The zero-order valence-electron chi connectivity index (χ0n) is 10.0. The number of nitrogens with zero attached hydrogens (tertiary/aromatic N) is 1. The van der Waals surface area contributed by atoms with E-state index in [0.717, 1.165) is 32.9 Å². The molecule has 1 N–H and O–H groups in total. The molecule has 5 heteroatoms. The highest BCUT2D eigenvalue weighted by Crippen LogP contribution is 1.80. The van der Waals surface area contributed by atoms with Crippen LogP contribution in [0.5, 0.6) is 0 Å². The lowest BCUT2D eigenvalue weighted by atomic mass is 10.5. The maximum absolute atomic E-state index is 8.11. The SMILES string of the molecule is C1COCCN1.CCOCCOCCC#N. The van der Waals surface area contributed by atoms with Crippen LogP contribution in [0.15, 0.2) is 0 Å². The van der Waals surface area contributed by atoms with Gasteiger partial charge in [0.15, 0.2) is 0 Å². The van der Waals surface area contributed by atoms with Crippen LogP contribution in [0.3, 0.4) is 0 Å². The Hall–Kier alpha value is -0.670. The number of nitrogens with one attached hydrogen (secondary N) is 1. The van der Waals surface area contributed by atoms with E-state index in [9.17, 15) is 0 Å². The van der Waals surface area contributed by atoms with Gasteiger partial charge in [0.1, 0.15) is 0 Å². The lowest BCUT2D eigenvalue weighted by Crippen LogP contribution is -2.30. The van der Waals surface area contributed by atoms with Crippen molar-refractivity contribution in [2.75, 3.05) is 52.7 Å². The second-order valence-corrected chi connectivity index (χ2v) is 3.08. The Kier molecular flexibility index (Phi) is 13.7. The molecule has 16 heavy (non-hydrogen) atoms. The van der Waals surface area contributed by atoms with E-state index in [2.05, 4.69) is 5.32 Å². The molecule has 0 aromatic carbocycles. The van der Waals surface area contributed by atoms with Gasteiger partial charge in [0.2, 0.25) is 0 Å². The van der Waals surface area contributed by atoms with Crippen LogP contribution >= 0.6 is 0 Å². The monoisotopic (exact) mass is 230 g/mol. The molecule has 94 valence electrons. The summed E-state index contributed by atoms with van der Waals surface area (Å²) in [7, 11) is 0. The third-order valence-corrected chi connectivity index (χ3v) is 1.78. The summed E-state index contributed by atoms with van der Waals surface area (Å²) in [6.45, 7) is 8.23. The second kappa shape index (κ2) is 14.3. The number of rotatable bonds is 6. The van der Waals surface area contributed by atoms with Crippen molar-refractivity contribution >= 4 is 0 Å². The van der Waals surface area contributed by atoms with Gasteiger partial charge in [-0.15, -0.1) is 0 Å². The molecule has 0 spiro atoms. The van der Waals surface area contributed by atoms with Crippen LogP contribution in [-0.4, -0.2) is 52.7 Å². The molecular formula is C11H22N2O3. The molecule has 1 rings (SSSR count). The Morgan fingerprint density at radius 3 is 2.31 bits per heavy atom. The average Bonchev–Trinajstić information content (AvgIpc) is 2.37. The van der Waals surface area contributed by atoms with Crippen LogP contribution in [0.4, 0.5) is 0 Å². The fraction of sp³-hybridized carbons (Fsp3) is 0.909. The van der Waals surface area contributed by atoms with E-state index in [1.54, 1.807) is 0 Å². The van der Waals surface area contributed by atoms with E-state index in [0.29, 0.717) is 26.2 Å². The molecule has 1 saturated heterocycles. The fourth-order valence-electron chi connectivity index (χ4n) is 0.998. The van der Waals surface area contributed by atoms with Gasteiger partial charge in [0.25, 0.3) is 0 Å². The highest BCUT2D eigenvalue weighted by molar-refractivity contribution is 4.66. The molecular weight excluding hydrogens is 208 g/mol. The van der Waals surface area contributed by atoms with Gasteiger partial charge in [-0.1, -0.05) is 0 Å². The minimum absolute atomic E-state index is 0.464. The van der Waals surface area contributed by atoms with E-state index in [-0.39, 0.29) is 0 Å². The van der Waals surface area contributed by atoms with Crippen LogP contribution < -0.4 is 5.32 Å². The first-order valence-electron chi connectivity index (χ1n) is 5.72. The second-order valence-electron chi connectivity index (χ2n) is 3.08. The van der Waals surface area contributed by atoms with Crippen molar-refractivity contribution in [3.8, 4) is 6.07 Å². The third-order valence-electron chi connectivity index (χ3n) is 1.78. The van der Waals surface area contributed by atoms with Gasteiger partial charge in [0, 0.05) is 19.7 Å². The molecule has 1 aliphatic rings. The maximum atomic E-state index is 8.11. The van der Waals surface area contributed by atoms with Crippen LogP contribution in [0.1, 0.15) is 13.3 Å². The van der Waals surface area contributed by atoms with E-state index < -0.39 is 0 Å². The van der Waals surface area contributed by atoms with Crippen molar-refractivity contribution in [2.45, 2.75) is 13.3 Å². The summed E-state index contributed by atoms with van der Waals surface area (Å²) in [5.41, 5.74) is 0. The quantitative estimate of drug-likeness (QED) is 0.675. The minimum Gasteiger partial charge on any atom is -0.379 e. The van der Waals surface area contributed by atoms with Gasteiger partial charge in [-0.2, -0.15) is 5.26 Å². The minimum atomic E-state index is 0.464. The largest absolute Gasteiger partial charge is 0.379 e. The number of nitriles is 1. The van der Waals surface area contributed by atoms with Crippen LogP contribution in [0.25, 0.3) is 0 Å². The molecule has 0 atom stereocenters. The summed E-state index contributed by atoms with van der Waals surface area (Å²) in [5, 5.41) is 11.3. The number of morpholine rings is 1. The van der Waals surface area contributed by atoms with Crippen molar-refractivity contribution in [1.29, 1.82) is 5.26 Å². The van der Waals surface area contributed by atoms with Gasteiger partial charge in [-0.3, -0.25) is 0 Å². The topological polar surface area (TPSA) is 63.5 Å². The van der Waals surface area contributed by atoms with Crippen molar-refractivity contribution < 1.29 is 14.2 Å². The molecule has 0 aliphatic carbocycles. The normalized spacial score (nSPS) is 14.8. The molecule has 0 amide bonds. The van der Waals surface area contributed by atoms with Crippen molar-refractivity contribution in [2.24, 2.45) is 0 Å². The van der Waals surface area contributed by atoms with Crippen LogP contribution in [-0.2, 0) is 14.2 Å². The Morgan fingerprint density at radius 2 is 1.88 bits per heavy atom. The smallest absolute Gasteiger partial charge is 0.0700 e. The first-order chi connectivity index (χ1) is 7.91. The molecule has 1 heterocycles. The van der Waals surface area contributed by atoms with Gasteiger partial charge in [0.05, 0.1) is 45.5 Å². The highest BCUT2D eigenvalue weighted by atomic mass is 16.5. The lowest BCUT2D eigenvalue weighted by Gasteiger charge is -2.10. The fourth-order valence-corrected chi connectivity index (χ4v) is 0.998. The van der Waals surface area contributed by atoms with E-state index in [4.69, 9.17) is 19.5 Å².